The fraction of sp³-hybridized carbons (Fsp3) is 0.364. The number of hydrogen-bond acceptors (Lipinski definition) is 10. The number of nitrogens with one attached hydrogen (secondary N) is 1. The lowest BCUT2D eigenvalue weighted by atomic mass is 10.1. The fourth-order valence-corrected chi connectivity index (χ4v) is 4.02. The van der Waals surface area contributed by atoms with E-state index in [4.69, 9.17) is 9.40 Å². The second-order valence-electron chi connectivity index (χ2n) is 8.03. The Balaban J connectivity index is 1.32. The van der Waals surface area contributed by atoms with E-state index in [1.54, 1.807) is 24.3 Å². The number of hydrazone groups is 1. The van der Waals surface area contributed by atoms with Gasteiger partial charge in [0.25, 0.3) is 5.69 Å². The van der Waals surface area contributed by atoms with Crippen molar-refractivity contribution in [3.8, 4) is 11.3 Å². The average molecular weight is 448 g/mol. The summed E-state index contributed by atoms with van der Waals surface area (Å²) in [6, 6.07) is 9.80. The zero-order valence-corrected chi connectivity index (χ0v) is 18.1. The van der Waals surface area contributed by atoms with Gasteiger partial charge in [-0.3, -0.25) is 10.1 Å². The van der Waals surface area contributed by atoms with Gasteiger partial charge in [0.05, 0.1) is 11.1 Å². The molecule has 0 saturated carbocycles. The molecule has 11 nitrogen and oxygen atoms in total. The van der Waals surface area contributed by atoms with Crippen molar-refractivity contribution in [2.75, 3.05) is 41.4 Å². The Morgan fingerprint density at radius 1 is 0.970 bits per heavy atom. The van der Waals surface area contributed by atoms with Crippen molar-refractivity contribution in [2.45, 2.75) is 25.7 Å². The van der Waals surface area contributed by atoms with Crippen LogP contribution in [0.1, 0.15) is 31.4 Å². The molecule has 2 fully saturated rings. The van der Waals surface area contributed by atoms with Crippen molar-refractivity contribution in [1.29, 1.82) is 0 Å². The van der Waals surface area contributed by atoms with Crippen LogP contribution in [-0.2, 0) is 0 Å². The molecule has 3 aromatic rings. The maximum absolute atomic E-state index is 11.0. The number of nitrogens with zero attached hydrogens (tertiary/aromatic N) is 7. The van der Waals surface area contributed by atoms with Gasteiger partial charge in [0.15, 0.2) is 0 Å². The zero-order valence-electron chi connectivity index (χ0n) is 18.1. The maximum atomic E-state index is 11.0. The van der Waals surface area contributed by atoms with E-state index in [0.717, 1.165) is 51.9 Å². The van der Waals surface area contributed by atoms with Crippen LogP contribution in [0.2, 0.25) is 0 Å². The van der Waals surface area contributed by atoms with Crippen LogP contribution in [0.5, 0.6) is 0 Å². The van der Waals surface area contributed by atoms with Crippen LogP contribution in [-0.4, -0.2) is 52.3 Å². The quantitative estimate of drug-likeness (QED) is 0.327. The Morgan fingerprint density at radius 3 is 2.27 bits per heavy atom. The van der Waals surface area contributed by atoms with Gasteiger partial charge >= 0.3 is 0 Å². The van der Waals surface area contributed by atoms with E-state index >= 15 is 0 Å². The van der Waals surface area contributed by atoms with Crippen LogP contribution in [0.4, 0.5) is 23.5 Å². The van der Waals surface area contributed by atoms with Gasteiger partial charge in [-0.2, -0.15) is 20.1 Å². The third-order valence-electron chi connectivity index (χ3n) is 5.71. The van der Waals surface area contributed by atoms with Gasteiger partial charge in [-0.25, -0.2) is 5.43 Å². The molecule has 0 amide bonds. The first-order chi connectivity index (χ1) is 16.2. The molecule has 2 aliphatic rings. The summed E-state index contributed by atoms with van der Waals surface area (Å²) in [4.78, 5) is 28.7. The minimum absolute atomic E-state index is 0.0123. The molecule has 0 aliphatic carbocycles. The van der Waals surface area contributed by atoms with Crippen molar-refractivity contribution in [3.05, 3.63) is 52.3 Å². The van der Waals surface area contributed by atoms with E-state index in [1.807, 2.05) is 0 Å². The van der Waals surface area contributed by atoms with Crippen molar-refractivity contribution in [2.24, 2.45) is 5.10 Å². The molecule has 0 spiro atoms. The van der Waals surface area contributed by atoms with Crippen LogP contribution in [0.25, 0.3) is 11.3 Å². The molecule has 5 rings (SSSR count). The Labute approximate surface area is 190 Å². The van der Waals surface area contributed by atoms with Crippen molar-refractivity contribution >= 4 is 29.7 Å². The van der Waals surface area contributed by atoms with Gasteiger partial charge in [-0.15, -0.1) is 0 Å². The van der Waals surface area contributed by atoms with Crippen LogP contribution < -0.4 is 15.2 Å². The van der Waals surface area contributed by atoms with Crippen LogP contribution in [0.3, 0.4) is 0 Å². The lowest BCUT2D eigenvalue weighted by Crippen LogP contribution is -2.25. The van der Waals surface area contributed by atoms with Gasteiger partial charge in [0, 0.05) is 43.9 Å². The highest BCUT2D eigenvalue weighted by Gasteiger charge is 2.21. The molecule has 2 saturated heterocycles. The minimum atomic E-state index is -0.430. The number of hydrogen-bond donors (Lipinski definition) is 1. The molecule has 1 aromatic carbocycles. The summed E-state index contributed by atoms with van der Waals surface area (Å²) in [6.07, 6.45) is 6.07. The summed E-state index contributed by atoms with van der Waals surface area (Å²) < 4.78 is 5.77. The van der Waals surface area contributed by atoms with Crippen LogP contribution in [0.15, 0.2) is 45.9 Å². The fourth-order valence-electron chi connectivity index (χ4n) is 4.02. The number of benzene rings is 1. The summed E-state index contributed by atoms with van der Waals surface area (Å²) in [5.74, 6) is 2.75. The Morgan fingerprint density at radius 2 is 1.64 bits per heavy atom. The highest BCUT2D eigenvalue weighted by Crippen LogP contribution is 2.26. The molecule has 0 atom stereocenters. The van der Waals surface area contributed by atoms with Crippen molar-refractivity contribution in [1.82, 2.24) is 15.0 Å². The molecule has 33 heavy (non-hydrogen) atoms. The number of nitro groups is 1. The number of rotatable bonds is 7. The van der Waals surface area contributed by atoms with Crippen LogP contribution in [0, 0.1) is 10.1 Å². The summed E-state index contributed by atoms with van der Waals surface area (Å²) >= 11 is 0. The predicted molar refractivity (Wildman–Crippen MR) is 125 cm³/mol. The summed E-state index contributed by atoms with van der Waals surface area (Å²) in [5, 5.41) is 15.2. The number of nitro benzene ring substituents is 1. The number of anilines is 3. The second-order valence-corrected chi connectivity index (χ2v) is 8.03. The number of non-ortho nitro benzene ring substituents is 1. The molecule has 11 heteroatoms. The minimum Gasteiger partial charge on any atom is -0.455 e. The first-order valence-corrected chi connectivity index (χ1v) is 11.1. The molecule has 0 unspecified atom stereocenters. The second kappa shape index (κ2) is 9.23. The molecule has 170 valence electrons. The normalized spacial score (nSPS) is 16.1. The smallest absolute Gasteiger partial charge is 0.270 e. The standard InChI is InChI=1S/C22H24N8O3/c31-30(32)17-7-5-6-16(14-17)19-9-8-18(33-19)15-23-27-20-24-21(28-10-1-2-11-28)26-22(25-20)29-12-3-4-13-29/h5-9,14-15H,1-4,10-13H2,(H,24,25,26,27)/b23-15+. The van der Waals surface area contributed by atoms with E-state index in [0.29, 0.717) is 34.9 Å². The summed E-state index contributed by atoms with van der Waals surface area (Å²) in [5.41, 5.74) is 3.54. The predicted octanol–water partition coefficient (Wildman–Crippen LogP) is 3.69. The van der Waals surface area contributed by atoms with Gasteiger partial charge in [-0.1, -0.05) is 12.1 Å². The Bertz CT molecular complexity index is 1130. The van der Waals surface area contributed by atoms with Crippen LogP contribution >= 0.6 is 0 Å². The summed E-state index contributed by atoms with van der Waals surface area (Å²) in [6.45, 7) is 3.77. The van der Waals surface area contributed by atoms with Crippen molar-refractivity contribution in [3.63, 3.8) is 0 Å². The third kappa shape index (κ3) is 4.76. The zero-order chi connectivity index (χ0) is 22.6. The van der Waals surface area contributed by atoms with E-state index in [2.05, 4.69) is 30.3 Å². The topological polar surface area (TPSA) is 126 Å². The molecule has 2 aliphatic heterocycles. The molecule has 4 heterocycles. The highest BCUT2D eigenvalue weighted by atomic mass is 16.6. The van der Waals surface area contributed by atoms with E-state index in [-0.39, 0.29) is 5.69 Å². The molecule has 0 bridgehead atoms. The monoisotopic (exact) mass is 448 g/mol. The van der Waals surface area contributed by atoms with Gasteiger partial charge in [0.2, 0.25) is 17.8 Å². The largest absolute Gasteiger partial charge is 0.455 e. The van der Waals surface area contributed by atoms with Crippen molar-refractivity contribution < 1.29 is 9.34 Å². The van der Waals surface area contributed by atoms with E-state index < -0.39 is 4.92 Å². The van der Waals surface area contributed by atoms with Gasteiger partial charge in [-0.05, 0) is 37.8 Å². The molecule has 2 aromatic heterocycles. The number of aromatic nitrogens is 3. The third-order valence-corrected chi connectivity index (χ3v) is 5.71. The Kier molecular flexibility index (Phi) is 5.83. The lowest BCUT2D eigenvalue weighted by molar-refractivity contribution is -0.384. The molecule has 0 radical (unpaired) electrons. The highest BCUT2D eigenvalue weighted by molar-refractivity contribution is 5.78. The average Bonchev–Trinajstić information content (AvgIpc) is 3.62. The van der Waals surface area contributed by atoms with Gasteiger partial charge < -0.3 is 14.2 Å². The van der Waals surface area contributed by atoms with E-state index in [1.165, 1.54) is 18.3 Å². The maximum Gasteiger partial charge on any atom is 0.270 e. The molecular weight excluding hydrogens is 424 g/mol. The first kappa shape index (κ1) is 20.9. The summed E-state index contributed by atoms with van der Waals surface area (Å²) in [7, 11) is 0. The van der Waals surface area contributed by atoms with Gasteiger partial charge in [0.1, 0.15) is 11.5 Å². The lowest BCUT2D eigenvalue weighted by Gasteiger charge is -2.20. The SMILES string of the molecule is O=[N+]([O-])c1cccc(-c2ccc(/C=N/Nc3nc(N4CCCC4)nc(N4CCCC4)n3)o2)c1. The molecule has 1 N–H and O–H groups in total. The number of furan rings is 1. The first-order valence-electron chi connectivity index (χ1n) is 11.1. The Hall–Kier alpha value is -4.02. The molecular formula is C22H24N8O3. The van der Waals surface area contributed by atoms with E-state index in [9.17, 15) is 10.1 Å².